The van der Waals surface area contributed by atoms with Crippen LogP contribution in [-0.4, -0.2) is 33.2 Å². The van der Waals surface area contributed by atoms with E-state index in [2.05, 4.69) is 44.8 Å². The highest BCUT2D eigenvalue weighted by Gasteiger charge is 2.61. The number of amides is 1. The van der Waals surface area contributed by atoms with Crippen LogP contribution >= 0.6 is 11.9 Å². The predicted molar refractivity (Wildman–Crippen MR) is 169 cm³/mol. The number of carbonyl (C=O) groups excluding carboxylic acids is 1. The van der Waals surface area contributed by atoms with Crippen molar-refractivity contribution in [1.82, 2.24) is 10.0 Å². The van der Waals surface area contributed by atoms with Crippen molar-refractivity contribution in [2.45, 2.75) is 103 Å². The number of benzene rings is 1. The van der Waals surface area contributed by atoms with Crippen molar-refractivity contribution in [3.63, 3.8) is 0 Å². The third-order valence-corrected chi connectivity index (χ3v) is 13.3. The van der Waals surface area contributed by atoms with Crippen molar-refractivity contribution in [2.24, 2.45) is 52.3 Å². The summed E-state index contributed by atoms with van der Waals surface area (Å²) < 4.78 is 13.3. The van der Waals surface area contributed by atoms with Gasteiger partial charge in [-0.05, 0) is 147 Å². The van der Waals surface area contributed by atoms with Gasteiger partial charge in [0.2, 0.25) is 6.41 Å². The quantitative estimate of drug-likeness (QED) is 0.239. The van der Waals surface area contributed by atoms with Crippen LogP contribution in [0, 0.1) is 52.3 Å². The summed E-state index contributed by atoms with van der Waals surface area (Å²) in [5.41, 5.74) is 1.32. The molecule has 5 nitrogen and oxygen atoms in total. The maximum absolute atomic E-state index is 10.1. The van der Waals surface area contributed by atoms with Gasteiger partial charge in [-0.15, -0.1) is 0 Å². The lowest BCUT2D eigenvalue weighted by molar-refractivity contribution is -0.138. The number of hydrogen-bond acceptors (Lipinski definition) is 5. The van der Waals surface area contributed by atoms with Gasteiger partial charge >= 0.3 is 0 Å². The number of fused-ring (bicyclic) bond motifs is 6. The molecule has 0 saturated heterocycles. The Kier molecular flexibility index (Phi) is 10.2. The first-order chi connectivity index (χ1) is 19.9. The third-order valence-electron chi connectivity index (χ3n) is 12.6. The number of nitrogens with one attached hydrogen (secondary N) is 2. The molecule has 4 fully saturated rings. The minimum Gasteiger partial charge on any atom is -0.486 e. The molecule has 2 N–H and O–H groups in total. The summed E-state index contributed by atoms with van der Waals surface area (Å²) in [6.45, 7) is 12.9. The first kappa shape index (κ1) is 31.0. The fourth-order valence-electron chi connectivity index (χ4n) is 10.7. The average Bonchev–Trinajstić information content (AvgIpc) is 3.35. The Bertz CT molecular complexity index is 1020. The smallest absolute Gasteiger partial charge is 0.217 e. The largest absolute Gasteiger partial charge is 0.486 e. The second kappa shape index (κ2) is 13.5. The predicted octanol–water partition coefficient (Wildman–Crippen LogP) is 8.13. The summed E-state index contributed by atoms with van der Waals surface area (Å²) in [5.74, 6) is 8.58. The fraction of sp³-hybridized carbons (Fsp3) is 0.800. The summed E-state index contributed by atoms with van der Waals surface area (Å²) >= 11 is 1.24. The Labute approximate surface area is 254 Å². The number of hydrogen-bond donors (Lipinski definition) is 2. The van der Waals surface area contributed by atoms with Crippen molar-refractivity contribution in [1.29, 1.82) is 0 Å². The van der Waals surface area contributed by atoms with Gasteiger partial charge in [0.15, 0.2) is 11.5 Å². The zero-order chi connectivity index (χ0) is 29.0. The summed E-state index contributed by atoms with van der Waals surface area (Å²) in [6.07, 6.45) is 17.3. The molecule has 0 spiro atoms. The van der Waals surface area contributed by atoms with Crippen LogP contribution in [0.15, 0.2) is 23.1 Å². The van der Waals surface area contributed by atoms with Crippen LogP contribution in [0.25, 0.3) is 0 Å². The van der Waals surface area contributed by atoms with Gasteiger partial charge in [-0.3, -0.25) is 9.52 Å². The van der Waals surface area contributed by atoms with Crippen molar-refractivity contribution in [2.75, 3.05) is 26.8 Å². The van der Waals surface area contributed by atoms with E-state index in [9.17, 15) is 4.79 Å². The van der Waals surface area contributed by atoms with Gasteiger partial charge in [-0.2, -0.15) is 0 Å². The topological polar surface area (TPSA) is 59.6 Å². The summed E-state index contributed by atoms with van der Waals surface area (Å²) in [6, 6.07) is 5.55. The molecular formula is C35H56N2O3S. The second-order valence-electron chi connectivity index (χ2n) is 14.4. The van der Waals surface area contributed by atoms with Crippen LogP contribution in [0.4, 0.5) is 0 Å². The Hall–Kier alpha value is -1.40. The van der Waals surface area contributed by atoms with Gasteiger partial charge in [0, 0.05) is 4.90 Å². The van der Waals surface area contributed by atoms with E-state index in [1.807, 2.05) is 18.2 Å². The Morgan fingerprint density at radius 2 is 1.78 bits per heavy atom. The highest BCUT2D eigenvalue weighted by atomic mass is 32.2. The SMILES string of the molecule is CC[C@H]1CC2C3CCC([C@H](C)CCNC)C3(C)CC[C@@H]2C2(C)CCCCC12.O=CNSc1ccc2c(c1)OCCO2. The summed E-state index contributed by atoms with van der Waals surface area (Å²) in [7, 11) is 2.12. The molecule has 230 valence electrons. The van der Waals surface area contributed by atoms with Crippen LogP contribution < -0.4 is 19.5 Å². The first-order valence-electron chi connectivity index (χ1n) is 16.8. The molecule has 1 aromatic carbocycles. The van der Waals surface area contributed by atoms with Gasteiger partial charge in [0.05, 0.1) is 0 Å². The van der Waals surface area contributed by atoms with Gasteiger partial charge in [-0.25, -0.2) is 0 Å². The van der Waals surface area contributed by atoms with Gasteiger partial charge in [-0.1, -0.05) is 47.0 Å². The molecule has 6 unspecified atom stereocenters. The van der Waals surface area contributed by atoms with E-state index in [1.165, 1.54) is 57.0 Å². The van der Waals surface area contributed by atoms with Crippen molar-refractivity contribution in [3.8, 4) is 11.5 Å². The van der Waals surface area contributed by atoms with E-state index in [4.69, 9.17) is 9.47 Å². The molecule has 0 bridgehead atoms. The van der Waals surface area contributed by atoms with Crippen molar-refractivity contribution < 1.29 is 14.3 Å². The normalized spacial score (nSPS) is 37.9. The van der Waals surface area contributed by atoms with Crippen LogP contribution in [0.2, 0.25) is 0 Å². The van der Waals surface area contributed by atoms with E-state index in [0.29, 0.717) is 30.5 Å². The zero-order valence-electron chi connectivity index (χ0n) is 26.4. The lowest BCUT2D eigenvalue weighted by Crippen LogP contribution is -2.55. The Balaban J connectivity index is 0.000000202. The molecule has 1 heterocycles. The van der Waals surface area contributed by atoms with E-state index >= 15 is 0 Å². The monoisotopic (exact) mass is 584 g/mol. The molecule has 1 amide bonds. The van der Waals surface area contributed by atoms with Crippen LogP contribution in [0.3, 0.4) is 0 Å². The minimum atomic E-state index is 0.572. The van der Waals surface area contributed by atoms with Crippen LogP contribution in [0.1, 0.15) is 98.3 Å². The first-order valence-corrected chi connectivity index (χ1v) is 17.6. The molecule has 6 heteroatoms. The van der Waals surface area contributed by atoms with E-state index < -0.39 is 0 Å². The minimum absolute atomic E-state index is 0.572. The molecule has 1 aromatic rings. The van der Waals surface area contributed by atoms with E-state index in [1.54, 1.807) is 32.1 Å². The molecule has 4 aliphatic carbocycles. The number of rotatable bonds is 8. The van der Waals surface area contributed by atoms with Gasteiger partial charge < -0.3 is 14.8 Å². The van der Waals surface area contributed by atoms with Crippen molar-refractivity contribution in [3.05, 3.63) is 18.2 Å². The molecular weight excluding hydrogens is 528 g/mol. The molecule has 0 aromatic heterocycles. The summed E-state index contributed by atoms with van der Waals surface area (Å²) in [4.78, 5) is 11.0. The van der Waals surface area contributed by atoms with Crippen LogP contribution in [0.5, 0.6) is 11.5 Å². The molecule has 0 radical (unpaired) electrons. The Morgan fingerprint density at radius 1 is 1.00 bits per heavy atom. The maximum Gasteiger partial charge on any atom is 0.217 e. The Morgan fingerprint density at radius 3 is 2.54 bits per heavy atom. The van der Waals surface area contributed by atoms with Gasteiger partial charge in [0.25, 0.3) is 0 Å². The van der Waals surface area contributed by atoms with E-state index in [-0.39, 0.29) is 0 Å². The highest BCUT2D eigenvalue weighted by molar-refractivity contribution is 7.97. The maximum atomic E-state index is 10.1. The molecule has 6 rings (SSSR count). The molecule has 1 aliphatic heterocycles. The average molecular weight is 585 g/mol. The standard InChI is InChI=1S/C26H47N.C9H9NO3S/c1-6-19-17-20-23-11-10-21(18(2)13-16-27-5)26(23,4)15-12-24(20)25(3)14-8-7-9-22(19)25;11-6-10-14-7-1-2-8-9(5-7)13-4-3-12-8/h18-24,27H,6-17H2,1-5H3;1-2,5-6H,3-4H2,(H,10,11)/t18-,19+,20?,21?,22?,23?,24+,25?,26?;/m1./s1. The van der Waals surface area contributed by atoms with Gasteiger partial charge in [0.1, 0.15) is 13.2 Å². The fourth-order valence-corrected chi connectivity index (χ4v) is 11.2. The lowest BCUT2D eigenvalue weighted by atomic mass is 9.42. The molecule has 9 atom stereocenters. The second-order valence-corrected chi connectivity index (χ2v) is 15.3. The van der Waals surface area contributed by atoms with E-state index in [0.717, 1.165) is 57.8 Å². The molecule has 4 saturated carbocycles. The number of carbonyl (C=O) groups is 1. The molecule has 5 aliphatic rings. The summed E-state index contributed by atoms with van der Waals surface area (Å²) in [5, 5.41) is 3.40. The highest BCUT2D eigenvalue weighted by Crippen LogP contribution is 2.69. The zero-order valence-corrected chi connectivity index (χ0v) is 27.2. The van der Waals surface area contributed by atoms with Crippen LogP contribution in [-0.2, 0) is 4.79 Å². The lowest BCUT2D eigenvalue weighted by Gasteiger charge is -2.63. The third kappa shape index (κ3) is 6.16. The van der Waals surface area contributed by atoms with Crippen molar-refractivity contribution >= 4 is 18.4 Å². The number of ether oxygens (including phenoxy) is 2. The molecule has 41 heavy (non-hydrogen) atoms.